The van der Waals surface area contributed by atoms with Gasteiger partial charge in [-0.15, -0.1) is 0 Å². The highest BCUT2D eigenvalue weighted by atomic mass is 16.5. The molecule has 0 spiro atoms. The highest BCUT2D eigenvalue weighted by Crippen LogP contribution is 2.19. The molecule has 0 aromatic carbocycles. The van der Waals surface area contributed by atoms with Gasteiger partial charge in [-0.2, -0.15) is 0 Å². The van der Waals surface area contributed by atoms with Gasteiger partial charge >= 0.3 is 0 Å². The van der Waals surface area contributed by atoms with Gasteiger partial charge in [0.2, 0.25) is 5.88 Å². The van der Waals surface area contributed by atoms with Crippen molar-refractivity contribution in [3.8, 4) is 5.88 Å². The molecule has 0 aliphatic heterocycles. The lowest BCUT2D eigenvalue weighted by Gasteiger charge is -2.12. The zero-order valence-corrected chi connectivity index (χ0v) is 11.9. The third-order valence-corrected chi connectivity index (χ3v) is 3.28. The minimum atomic E-state index is -0.176. The van der Waals surface area contributed by atoms with E-state index in [1.807, 2.05) is 6.92 Å². The van der Waals surface area contributed by atoms with Crippen molar-refractivity contribution < 1.29 is 9.53 Å². The van der Waals surface area contributed by atoms with E-state index >= 15 is 0 Å². The fourth-order valence-corrected chi connectivity index (χ4v) is 2.25. The van der Waals surface area contributed by atoms with Crippen LogP contribution in [0.2, 0.25) is 0 Å². The first-order valence-electron chi connectivity index (χ1n) is 7.20. The SMILES string of the molecule is CCOc1cc(C(=O)NCCC2=CCCCC2)ncn1. The molecule has 2 rings (SSSR count). The van der Waals surface area contributed by atoms with E-state index in [1.165, 1.54) is 31.2 Å². The molecule has 1 aromatic heterocycles. The first kappa shape index (κ1) is 14.5. The molecule has 1 aliphatic carbocycles. The van der Waals surface area contributed by atoms with E-state index in [9.17, 15) is 4.79 Å². The Kier molecular flexibility index (Phi) is 5.53. The maximum absolute atomic E-state index is 12.0. The van der Waals surface area contributed by atoms with Crippen molar-refractivity contribution in [1.29, 1.82) is 0 Å². The lowest BCUT2D eigenvalue weighted by molar-refractivity contribution is 0.0948. The lowest BCUT2D eigenvalue weighted by Crippen LogP contribution is -2.26. The monoisotopic (exact) mass is 275 g/mol. The second-order valence-corrected chi connectivity index (χ2v) is 4.79. The number of ether oxygens (including phenoxy) is 1. The predicted octanol–water partition coefficient (Wildman–Crippen LogP) is 2.50. The highest BCUT2D eigenvalue weighted by Gasteiger charge is 2.09. The molecule has 5 heteroatoms. The Morgan fingerprint density at radius 1 is 1.40 bits per heavy atom. The number of carbonyl (C=O) groups excluding carboxylic acids is 1. The number of allylic oxidation sites excluding steroid dienone is 1. The maximum Gasteiger partial charge on any atom is 0.270 e. The summed E-state index contributed by atoms with van der Waals surface area (Å²) in [6.07, 6.45) is 9.47. The van der Waals surface area contributed by atoms with Crippen molar-refractivity contribution in [3.63, 3.8) is 0 Å². The Hall–Kier alpha value is -1.91. The van der Waals surface area contributed by atoms with Crippen LogP contribution in [0.25, 0.3) is 0 Å². The second-order valence-electron chi connectivity index (χ2n) is 4.79. The van der Waals surface area contributed by atoms with Crippen LogP contribution < -0.4 is 10.1 Å². The van der Waals surface area contributed by atoms with Gasteiger partial charge in [0, 0.05) is 12.6 Å². The molecule has 0 unspecified atom stereocenters. The molecule has 108 valence electrons. The first-order chi connectivity index (χ1) is 9.79. The molecule has 5 nitrogen and oxygen atoms in total. The normalized spacial score (nSPS) is 14.6. The Balaban J connectivity index is 1.82. The fourth-order valence-electron chi connectivity index (χ4n) is 2.25. The quantitative estimate of drug-likeness (QED) is 0.810. The molecule has 1 aliphatic rings. The summed E-state index contributed by atoms with van der Waals surface area (Å²) < 4.78 is 5.26. The number of carbonyl (C=O) groups is 1. The average molecular weight is 275 g/mol. The zero-order chi connectivity index (χ0) is 14.2. The predicted molar refractivity (Wildman–Crippen MR) is 76.7 cm³/mol. The van der Waals surface area contributed by atoms with E-state index in [0.717, 1.165) is 12.8 Å². The van der Waals surface area contributed by atoms with Crippen LogP contribution in [0.4, 0.5) is 0 Å². The fraction of sp³-hybridized carbons (Fsp3) is 0.533. The van der Waals surface area contributed by atoms with Gasteiger partial charge in [-0.05, 0) is 39.0 Å². The van der Waals surface area contributed by atoms with Gasteiger partial charge in [-0.25, -0.2) is 9.97 Å². The summed E-state index contributed by atoms with van der Waals surface area (Å²) in [6, 6.07) is 1.57. The molecular weight excluding hydrogens is 254 g/mol. The molecule has 0 radical (unpaired) electrons. The first-order valence-corrected chi connectivity index (χ1v) is 7.20. The van der Waals surface area contributed by atoms with Crippen LogP contribution in [0.5, 0.6) is 5.88 Å². The summed E-state index contributed by atoms with van der Waals surface area (Å²) in [7, 11) is 0. The minimum Gasteiger partial charge on any atom is -0.478 e. The Labute approximate surface area is 119 Å². The highest BCUT2D eigenvalue weighted by molar-refractivity contribution is 5.92. The van der Waals surface area contributed by atoms with Crippen molar-refractivity contribution in [1.82, 2.24) is 15.3 Å². The van der Waals surface area contributed by atoms with Crippen molar-refractivity contribution in [3.05, 3.63) is 29.7 Å². The van der Waals surface area contributed by atoms with Crippen LogP contribution in [0.15, 0.2) is 24.0 Å². The Bertz CT molecular complexity index is 486. The minimum absolute atomic E-state index is 0.176. The number of hydrogen-bond acceptors (Lipinski definition) is 4. The van der Waals surface area contributed by atoms with Gasteiger partial charge in [0.25, 0.3) is 5.91 Å². The second kappa shape index (κ2) is 7.62. The summed E-state index contributed by atoms with van der Waals surface area (Å²) in [5.41, 5.74) is 1.80. The molecule has 0 bridgehead atoms. The molecule has 1 N–H and O–H groups in total. The Morgan fingerprint density at radius 3 is 3.05 bits per heavy atom. The van der Waals surface area contributed by atoms with Crippen LogP contribution in [0, 0.1) is 0 Å². The van der Waals surface area contributed by atoms with Gasteiger partial charge in [-0.1, -0.05) is 11.6 Å². The number of aromatic nitrogens is 2. The molecule has 0 saturated heterocycles. The number of nitrogens with zero attached hydrogens (tertiary/aromatic N) is 2. The van der Waals surface area contributed by atoms with Crippen molar-refractivity contribution >= 4 is 5.91 Å². The summed E-state index contributed by atoms with van der Waals surface area (Å²) in [4.78, 5) is 19.9. The van der Waals surface area contributed by atoms with E-state index in [0.29, 0.717) is 24.7 Å². The van der Waals surface area contributed by atoms with E-state index in [-0.39, 0.29) is 5.91 Å². The number of hydrogen-bond donors (Lipinski definition) is 1. The summed E-state index contributed by atoms with van der Waals surface area (Å²) in [5.74, 6) is 0.257. The van der Waals surface area contributed by atoms with Gasteiger partial charge in [-0.3, -0.25) is 4.79 Å². The standard InChI is InChI=1S/C15H21N3O2/c1-2-20-14-10-13(17-11-18-14)15(19)16-9-8-12-6-4-3-5-7-12/h6,10-11H,2-5,7-9H2,1H3,(H,16,19). The van der Waals surface area contributed by atoms with Crippen LogP contribution in [-0.4, -0.2) is 29.0 Å². The molecule has 0 saturated carbocycles. The third-order valence-electron chi connectivity index (χ3n) is 3.28. The van der Waals surface area contributed by atoms with Crippen LogP contribution in [0.3, 0.4) is 0 Å². The summed E-state index contributed by atoms with van der Waals surface area (Å²) >= 11 is 0. The molecule has 0 atom stereocenters. The van der Waals surface area contributed by atoms with Crippen LogP contribution in [-0.2, 0) is 0 Å². The summed E-state index contributed by atoms with van der Waals surface area (Å²) in [6.45, 7) is 3.05. The van der Waals surface area contributed by atoms with E-state index in [4.69, 9.17) is 4.74 Å². The number of amides is 1. The van der Waals surface area contributed by atoms with Crippen LogP contribution in [0.1, 0.15) is 49.5 Å². The average Bonchev–Trinajstić information content (AvgIpc) is 2.49. The van der Waals surface area contributed by atoms with E-state index < -0.39 is 0 Å². The van der Waals surface area contributed by atoms with E-state index in [1.54, 1.807) is 6.07 Å². The molecule has 1 aromatic rings. The van der Waals surface area contributed by atoms with Crippen molar-refractivity contribution in [2.75, 3.05) is 13.2 Å². The van der Waals surface area contributed by atoms with E-state index in [2.05, 4.69) is 21.4 Å². The molecule has 20 heavy (non-hydrogen) atoms. The van der Waals surface area contributed by atoms with Crippen LogP contribution >= 0.6 is 0 Å². The zero-order valence-electron chi connectivity index (χ0n) is 11.9. The molecule has 0 fully saturated rings. The molecule has 1 heterocycles. The van der Waals surface area contributed by atoms with Gasteiger partial charge in [0.05, 0.1) is 6.61 Å². The maximum atomic E-state index is 12.0. The third kappa shape index (κ3) is 4.33. The van der Waals surface area contributed by atoms with Gasteiger partial charge in [0.15, 0.2) is 0 Å². The number of nitrogens with one attached hydrogen (secondary N) is 1. The topological polar surface area (TPSA) is 64.1 Å². The largest absolute Gasteiger partial charge is 0.478 e. The summed E-state index contributed by atoms with van der Waals surface area (Å²) in [5, 5.41) is 2.89. The molecular formula is C15H21N3O2. The lowest BCUT2D eigenvalue weighted by atomic mass is 9.97. The van der Waals surface area contributed by atoms with Crippen molar-refractivity contribution in [2.45, 2.75) is 39.0 Å². The molecule has 1 amide bonds. The number of rotatable bonds is 6. The van der Waals surface area contributed by atoms with Gasteiger partial charge < -0.3 is 10.1 Å². The van der Waals surface area contributed by atoms with Crippen molar-refractivity contribution in [2.24, 2.45) is 0 Å². The smallest absolute Gasteiger partial charge is 0.270 e. The van der Waals surface area contributed by atoms with Gasteiger partial charge in [0.1, 0.15) is 12.0 Å². The Morgan fingerprint density at radius 2 is 2.30 bits per heavy atom.